The molecule has 0 saturated heterocycles. The highest BCUT2D eigenvalue weighted by molar-refractivity contribution is 5.71. The zero-order chi connectivity index (χ0) is 45.8. The number of esters is 3. The van der Waals surface area contributed by atoms with Gasteiger partial charge in [0.25, 0.3) is 0 Å². The highest BCUT2D eigenvalue weighted by Crippen LogP contribution is 2.14. The van der Waals surface area contributed by atoms with Crippen LogP contribution >= 0.6 is 0 Å². The minimum absolute atomic E-state index is 0.0854. The molecule has 0 heterocycles. The summed E-state index contributed by atoms with van der Waals surface area (Å²) in [6.45, 7) is 6.49. The topological polar surface area (TPSA) is 78.9 Å². The van der Waals surface area contributed by atoms with E-state index in [9.17, 15) is 14.4 Å². The maximum atomic E-state index is 12.8. The molecule has 0 bridgehead atoms. The van der Waals surface area contributed by atoms with Crippen molar-refractivity contribution in [1.82, 2.24) is 0 Å². The third-order valence-electron chi connectivity index (χ3n) is 11.5. The van der Waals surface area contributed by atoms with Crippen molar-refractivity contribution in [1.29, 1.82) is 0 Å². The average molecular weight is 881 g/mol. The monoisotopic (exact) mass is 881 g/mol. The van der Waals surface area contributed by atoms with Crippen LogP contribution in [0.4, 0.5) is 0 Å². The van der Waals surface area contributed by atoms with Gasteiger partial charge >= 0.3 is 17.9 Å². The van der Waals surface area contributed by atoms with E-state index in [1.165, 1.54) is 122 Å². The minimum atomic E-state index is -0.786. The molecule has 0 aliphatic carbocycles. The van der Waals surface area contributed by atoms with Gasteiger partial charge in [-0.1, -0.05) is 204 Å². The quantitative estimate of drug-likeness (QED) is 0.0262. The lowest BCUT2D eigenvalue weighted by Crippen LogP contribution is -2.30. The smallest absolute Gasteiger partial charge is 0.306 e. The number of unbranched alkanes of at least 4 members (excludes halogenated alkanes) is 27. The van der Waals surface area contributed by atoms with Gasteiger partial charge in [-0.3, -0.25) is 14.4 Å². The largest absolute Gasteiger partial charge is 0.462 e. The molecule has 364 valence electrons. The molecule has 0 aromatic carbocycles. The van der Waals surface area contributed by atoms with Crippen molar-refractivity contribution in [3.8, 4) is 0 Å². The molecule has 0 amide bonds. The maximum Gasteiger partial charge on any atom is 0.306 e. The molecule has 0 radical (unpaired) electrons. The first-order chi connectivity index (χ1) is 31.0. The number of allylic oxidation sites excluding steroid dienone is 10. The molecule has 0 N–H and O–H groups in total. The van der Waals surface area contributed by atoms with Gasteiger partial charge in [0.2, 0.25) is 0 Å². The van der Waals surface area contributed by atoms with Crippen LogP contribution < -0.4 is 0 Å². The van der Waals surface area contributed by atoms with Crippen molar-refractivity contribution in [2.24, 2.45) is 0 Å². The van der Waals surface area contributed by atoms with Crippen LogP contribution in [0, 0.1) is 0 Å². The zero-order valence-corrected chi connectivity index (χ0v) is 41.6. The van der Waals surface area contributed by atoms with Gasteiger partial charge in [0.15, 0.2) is 6.10 Å². The fourth-order valence-electron chi connectivity index (χ4n) is 7.45. The highest BCUT2D eigenvalue weighted by atomic mass is 16.6. The second kappa shape index (κ2) is 51.7. The Hall–Kier alpha value is -2.89. The van der Waals surface area contributed by atoms with Crippen molar-refractivity contribution in [3.63, 3.8) is 0 Å². The molecule has 0 aromatic rings. The van der Waals surface area contributed by atoms with E-state index in [1.807, 2.05) is 0 Å². The first-order valence-corrected chi connectivity index (χ1v) is 26.8. The van der Waals surface area contributed by atoms with Crippen LogP contribution in [0.3, 0.4) is 0 Å². The molecule has 0 fully saturated rings. The van der Waals surface area contributed by atoms with E-state index in [-0.39, 0.29) is 31.1 Å². The first kappa shape index (κ1) is 60.1. The van der Waals surface area contributed by atoms with Crippen LogP contribution in [0.25, 0.3) is 0 Å². The first-order valence-electron chi connectivity index (χ1n) is 26.8. The minimum Gasteiger partial charge on any atom is -0.462 e. The number of carbonyl (C=O) groups excluding carboxylic acids is 3. The van der Waals surface area contributed by atoms with Gasteiger partial charge in [0, 0.05) is 19.3 Å². The lowest BCUT2D eigenvalue weighted by molar-refractivity contribution is -0.167. The summed E-state index contributed by atoms with van der Waals surface area (Å²) in [5.41, 5.74) is 0. The predicted molar refractivity (Wildman–Crippen MR) is 270 cm³/mol. The van der Waals surface area contributed by atoms with Gasteiger partial charge in [-0.15, -0.1) is 0 Å². The van der Waals surface area contributed by atoms with Gasteiger partial charge < -0.3 is 14.2 Å². The molecule has 0 aromatic heterocycles. The number of hydrogen-bond donors (Lipinski definition) is 0. The SMILES string of the molecule is CC/C=C\C/C=C\C/C=C\CCCCCCCC(=O)OC[C@H](COC(=O)CCCCCCC/C=C\CCCCCC)OC(=O)CCCCCCCCC/C=C\CCCCCCCC. The molecule has 0 aliphatic heterocycles. The van der Waals surface area contributed by atoms with Crippen LogP contribution in [-0.2, 0) is 28.6 Å². The van der Waals surface area contributed by atoms with Crippen molar-refractivity contribution in [3.05, 3.63) is 60.8 Å². The molecular weight excluding hydrogens is 781 g/mol. The fourth-order valence-corrected chi connectivity index (χ4v) is 7.45. The Morgan fingerprint density at radius 2 is 0.619 bits per heavy atom. The van der Waals surface area contributed by atoms with Crippen LogP contribution in [0.2, 0.25) is 0 Å². The van der Waals surface area contributed by atoms with Crippen molar-refractivity contribution >= 4 is 17.9 Å². The Labute approximate surface area is 390 Å². The maximum absolute atomic E-state index is 12.8. The van der Waals surface area contributed by atoms with E-state index in [0.29, 0.717) is 19.3 Å². The van der Waals surface area contributed by atoms with Gasteiger partial charge in [0.05, 0.1) is 0 Å². The number of hydrogen-bond acceptors (Lipinski definition) is 6. The molecule has 0 unspecified atom stereocenters. The molecule has 0 aliphatic rings. The van der Waals surface area contributed by atoms with Gasteiger partial charge in [0.1, 0.15) is 13.2 Å². The predicted octanol–water partition coefficient (Wildman–Crippen LogP) is 17.6. The standard InChI is InChI=1S/C57H100O6/c1-4-7-10-13-16-19-22-25-27-28-30-33-36-39-42-45-48-51-57(60)63-54(52-61-55(58)49-46-43-40-37-34-31-24-21-18-15-12-9-6-3)53-62-56(59)50-47-44-41-38-35-32-29-26-23-20-17-14-11-8-5-2/h8,11,17,20-21,24-27,29,54H,4-7,9-10,12-16,18-19,22-23,28,30-53H2,1-3H3/b11-8-,20-17-,24-21-,27-25-,29-26-/t54-/m0/s1. The summed E-state index contributed by atoms with van der Waals surface area (Å²) in [7, 11) is 0. The highest BCUT2D eigenvalue weighted by Gasteiger charge is 2.19. The summed E-state index contributed by atoms with van der Waals surface area (Å²) in [6.07, 6.45) is 63.4. The Bertz CT molecular complexity index is 1150. The third-order valence-corrected chi connectivity index (χ3v) is 11.5. The van der Waals surface area contributed by atoms with E-state index in [0.717, 1.165) is 103 Å². The molecule has 63 heavy (non-hydrogen) atoms. The summed E-state index contributed by atoms with van der Waals surface area (Å²) >= 11 is 0. The average Bonchev–Trinajstić information content (AvgIpc) is 3.28. The van der Waals surface area contributed by atoms with Crippen LogP contribution in [0.5, 0.6) is 0 Å². The molecule has 6 nitrogen and oxygen atoms in total. The van der Waals surface area contributed by atoms with Crippen LogP contribution in [-0.4, -0.2) is 37.2 Å². The lowest BCUT2D eigenvalue weighted by atomic mass is 10.1. The summed E-state index contributed by atoms with van der Waals surface area (Å²) in [5.74, 6) is -0.909. The van der Waals surface area contributed by atoms with Gasteiger partial charge in [-0.2, -0.15) is 0 Å². The Balaban J connectivity index is 4.41. The normalized spacial score (nSPS) is 12.5. The lowest BCUT2D eigenvalue weighted by Gasteiger charge is -2.18. The van der Waals surface area contributed by atoms with Crippen LogP contribution in [0.1, 0.15) is 265 Å². The molecule has 0 saturated carbocycles. The summed E-state index contributed by atoms with van der Waals surface area (Å²) in [4.78, 5) is 38.0. The van der Waals surface area contributed by atoms with Crippen molar-refractivity contribution < 1.29 is 28.6 Å². The zero-order valence-electron chi connectivity index (χ0n) is 41.6. The van der Waals surface area contributed by atoms with Gasteiger partial charge in [-0.05, 0) is 103 Å². The summed E-state index contributed by atoms with van der Waals surface area (Å²) in [5, 5.41) is 0. The van der Waals surface area contributed by atoms with E-state index >= 15 is 0 Å². The van der Waals surface area contributed by atoms with E-state index in [1.54, 1.807) is 0 Å². The third kappa shape index (κ3) is 50.0. The van der Waals surface area contributed by atoms with E-state index in [2.05, 4.69) is 81.5 Å². The molecule has 1 atom stereocenters. The molecule has 6 heteroatoms. The Morgan fingerprint density at radius 1 is 0.333 bits per heavy atom. The van der Waals surface area contributed by atoms with Gasteiger partial charge in [-0.25, -0.2) is 0 Å². The second-order valence-corrected chi connectivity index (χ2v) is 17.7. The molecular formula is C57H100O6. The van der Waals surface area contributed by atoms with Crippen molar-refractivity contribution in [2.75, 3.05) is 13.2 Å². The van der Waals surface area contributed by atoms with Crippen LogP contribution in [0.15, 0.2) is 60.8 Å². The number of rotatable bonds is 48. The Morgan fingerprint density at radius 3 is 1.00 bits per heavy atom. The Kier molecular flexibility index (Phi) is 49.4. The molecule has 0 rings (SSSR count). The fraction of sp³-hybridized carbons (Fsp3) is 0.772. The van der Waals surface area contributed by atoms with E-state index < -0.39 is 6.10 Å². The number of carbonyl (C=O) groups is 3. The van der Waals surface area contributed by atoms with E-state index in [4.69, 9.17) is 14.2 Å². The summed E-state index contributed by atoms with van der Waals surface area (Å²) < 4.78 is 16.8. The molecule has 0 spiro atoms. The number of ether oxygens (including phenoxy) is 3. The van der Waals surface area contributed by atoms with Crippen molar-refractivity contribution in [2.45, 2.75) is 271 Å². The second-order valence-electron chi connectivity index (χ2n) is 17.7. The summed E-state index contributed by atoms with van der Waals surface area (Å²) in [6, 6.07) is 0.